The summed E-state index contributed by atoms with van der Waals surface area (Å²) >= 11 is 0. The summed E-state index contributed by atoms with van der Waals surface area (Å²) < 4.78 is 30.3. The Hall–Kier alpha value is -1.93. The third-order valence-corrected chi connectivity index (χ3v) is 6.30. The Morgan fingerprint density at radius 1 is 1.25 bits per heavy atom. The molecule has 24 heavy (non-hydrogen) atoms. The van der Waals surface area contributed by atoms with Crippen molar-refractivity contribution in [1.29, 1.82) is 0 Å². The SMILES string of the molecule is CN1CCCc2ccc(S(=O)(=O)N[C@@H]3CCCn4ncnc43)cc21. The molecule has 3 heterocycles. The van der Waals surface area contributed by atoms with Crippen molar-refractivity contribution in [2.24, 2.45) is 0 Å². The molecule has 0 radical (unpaired) electrons. The number of nitrogens with one attached hydrogen (secondary N) is 1. The Morgan fingerprint density at radius 2 is 2.12 bits per heavy atom. The van der Waals surface area contributed by atoms with Crippen LogP contribution in [-0.2, 0) is 23.0 Å². The predicted molar refractivity (Wildman–Crippen MR) is 90.4 cm³/mol. The van der Waals surface area contributed by atoms with E-state index in [-0.39, 0.29) is 6.04 Å². The van der Waals surface area contributed by atoms with Crippen molar-refractivity contribution < 1.29 is 8.42 Å². The van der Waals surface area contributed by atoms with Gasteiger partial charge >= 0.3 is 0 Å². The molecule has 1 N–H and O–H groups in total. The number of aryl methyl sites for hydroxylation is 2. The maximum Gasteiger partial charge on any atom is 0.241 e. The molecule has 0 unspecified atom stereocenters. The number of aromatic nitrogens is 3. The third kappa shape index (κ3) is 2.69. The summed E-state index contributed by atoms with van der Waals surface area (Å²) in [6.07, 6.45) is 5.21. The van der Waals surface area contributed by atoms with E-state index in [2.05, 4.69) is 19.7 Å². The van der Waals surface area contributed by atoms with E-state index in [0.717, 1.165) is 44.5 Å². The Balaban J connectivity index is 1.64. The molecular weight excluding hydrogens is 326 g/mol. The summed E-state index contributed by atoms with van der Waals surface area (Å²) in [6, 6.07) is 5.10. The average Bonchev–Trinajstić information content (AvgIpc) is 3.04. The van der Waals surface area contributed by atoms with Crippen molar-refractivity contribution in [2.75, 3.05) is 18.5 Å². The maximum atomic E-state index is 12.8. The molecule has 2 aliphatic rings. The van der Waals surface area contributed by atoms with Crippen molar-refractivity contribution in [1.82, 2.24) is 19.5 Å². The Labute approximate surface area is 141 Å². The summed E-state index contributed by atoms with van der Waals surface area (Å²) in [4.78, 5) is 6.65. The number of fused-ring (bicyclic) bond motifs is 2. The van der Waals surface area contributed by atoms with Gasteiger partial charge in [0.2, 0.25) is 10.0 Å². The topological polar surface area (TPSA) is 80.1 Å². The fourth-order valence-corrected chi connectivity index (χ4v) is 4.81. The van der Waals surface area contributed by atoms with E-state index >= 15 is 0 Å². The highest BCUT2D eigenvalue weighted by Crippen LogP contribution is 2.30. The van der Waals surface area contributed by atoms with Gasteiger partial charge < -0.3 is 4.90 Å². The molecule has 4 rings (SSSR count). The Bertz CT molecular complexity index is 861. The molecule has 1 aromatic heterocycles. The molecule has 2 aromatic rings. The third-order valence-electron chi connectivity index (χ3n) is 4.84. The van der Waals surface area contributed by atoms with E-state index in [9.17, 15) is 8.42 Å². The second-order valence-corrected chi connectivity index (χ2v) is 8.19. The first kappa shape index (κ1) is 15.6. The lowest BCUT2D eigenvalue weighted by Crippen LogP contribution is -2.33. The van der Waals surface area contributed by atoms with Crippen LogP contribution in [0, 0.1) is 0 Å². The maximum absolute atomic E-state index is 12.8. The van der Waals surface area contributed by atoms with Gasteiger partial charge in [0, 0.05) is 25.8 Å². The zero-order valence-electron chi connectivity index (χ0n) is 13.6. The number of sulfonamides is 1. The van der Waals surface area contributed by atoms with Crippen LogP contribution < -0.4 is 9.62 Å². The van der Waals surface area contributed by atoms with Crippen LogP contribution in [0.1, 0.15) is 36.7 Å². The fourth-order valence-electron chi connectivity index (χ4n) is 3.56. The minimum absolute atomic E-state index is 0.312. The largest absolute Gasteiger partial charge is 0.374 e. The molecule has 1 aromatic carbocycles. The summed E-state index contributed by atoms with van der Waals surface area (Å²) in [5.41, 5.74) is 2.22. The average molecular weight is 347 g/mol. The summed E-state index contributed by atoms with van der Waals surface area (Å²) in [5.74, 6) is 0.694. The first-order chi connectivity index (χ1) is 11.5. The van der Waals surface area contributed by atoms with E-state index in [4.69, 9.17) is 0 Å². The Kier molecular flexibility index (Phi) is 3.80. The molecule has 0 aliphatic carbocycles. The number of nitrogens with zero attached hydrogens (tertiary/aromatic N) is 4. The van der Waals surface area contributed by atoms with Gasteiger partial charge in [-0.25, -0.2) is 22.8 Å². The molecular formula is C16H21N5O2S. The van der Waals surface area contributed by atoms with E-state index in [1.807, 2.05) is 13.1 Å². The van der Waals surface area contributed by atoms with Crippen molar-refractivity contribution in [3.8, 4) is 0 Å². The van der Waals surface area contributed by atoms with Gasteiger partial charge in [-0.05, 0) is 43.4 Å². The van der Waals surface area contributed by atoms with E-state index in [1.165, 1.54) is 11.9 Å². The lowest BCUT2D eigenvalue weighted by molar-refractivity contribution is 0.400. The quantitative estimate of drug-likeness (QED) is 0.909. The fraction of sp³-hybridized carbons (Fsp3) is 0.500. The number of hydrogen-bond donors (Lipinski definition) is 1. The number of rotatable bonds is 3. The molecule has 0 amide bonds. The zero-order valence-corrected chi connectivity index (χ0v) is 14.5. The minimum atomic E-state index is -3.60. The number of anilines is 1. The minimum Gasteiger partial charge on any atom is -0.374 e. The van der Waals surface area contributed by atoms with Gasteiger partial charge in [0.25, 0.3) is 0 Å². The van der Waals surface area contributed by atoms with Crippen molar-refractivity contribution in [2.45, 2.75) is 43.2 Å². The molecule has 1 atom stereocenters. The second-order valence-electron chi connectivity index (χ2n) is 6.47. The van der Waals surface area contributed by atoms with E-state index in [0.29, 0.717) is 10.7 Å². The van der Waals surface area contributed by atoms with Crippen LogP contribution >= 0.6 is 0 Å². The van der Waals surface area contributed by atoms with Gasteiger partial charge in [0.1, 0.15) is 12.2 Å². The van der Waals surface area contributed by atoms with Gasteiger partial charge in [-0.2, -0.15) is 5.10 Å². The van der Waals surface area contributed by atoms with Crippen molar-refractivity contribution in [3.05, 3.63) is 35.9 Å². The van der Waals surface area contributed by atoms with E-state index < -0.39 is 10.0 Å². The molecule has 128 valence electrons. The molecule has 2 aliphatic heterocycles. The molecule has 0 saturated heterocycles. The normalized spacial score (nSPS) is 20.5. The van der Waals surface area contributed by atoms with Gasteiger partial charge in [-0.3, -0.25) is 0 Å². The monoisotopic (exact) mass is 347 g/mol. The summed E-state index contributed by atoms with van der Waals surface area (Å²) in [6.45, 7) is 1.74. The highest BCUT2D eigenvalue weighted by molar-refractivity contribution is 7.89. The van der Waals surface area contributed by atoms with Gasteiger partial charge in [-0.1, -0.05) is 6.07 Å². The van der Waals surface area contributed by atoms with E-state index in [1.54, 1.807) is 16.8 Å². The molecule has 0 fully saturated rings. The lowest BCUT2D eigenvalue weighted by atomic mass is 10.0. The predicted octanol–water partition coefficient (Wildman–Crippen LogP) is 1.47. The van der Waals surface area contributed by atoms with Gasteiger partial charge in [0.15, 0.2) is 0 Å². The molecule has 0 bridgehead atoms. The highest BCUT2D eigenvalue weighted by atomic mass is 32.2. The summed E-state index contributed by atoms with van der Waals surface area (Å²) in [5, 5.41) is 4.14. The second kappa shape index (κ2) is 5.86. The van der Waals surface area contributed by atoms with Crippen LogP contribution in [0.3, 0.4) is 0 Å². The highest BCUT2D eigenvalue weighted by Gasteiger charge is 2.28. The molecule has 7 nitrogen and oxygen atoms in total. The molecule has 0 spiro atoms. The smallest absolute Gasteiger partial charge is 0.241 e. The summed E-state index contributed by atoms with van der Waals surface area (Å²) in [7, 11) is -1.59. The van der Waals surface area contributed by atoms with Crippen LogP contribution in [0.4, 0.5) is 5.69 Å². The van der Waals surface area contributed by atoms with Gasteiger partial charge in [-0.15, -0.1) is 0 Å². The van der Waals surface area contributed by atoms with Crippen LogP contribution in [0.15, 0.2) is 29.4 Å². The number of benzene rings is 1. The van der Waals surface area contributed by atoms with Crippen molar-refractivity contribution in [3.63, 3.8) is 0 Å². The first-order valence-corrected chi connectivity index (χ1v) is 9.77. The van der Waals surface area contributed by atoms with Crippen LogP contribution in [0.25, 0.3) is 0 Å². The number of hydrogen-bond acceptors (Lipinski definition) is 5. The van der Waals surface area contributed by atoms with Crippen molar-refractivity contribution >= 4 is 15.7 Å². The lowest BCUT2D eigenvalue weighted by Gasteiger charge is -2.28. The molecule has 0 saturated carbocycles. The standard InChI is InChI=1S/C16H21N5O2S/c1-20-8-2-4-12-6-7-13(10-15(12)20)24(22,23)19-14-5-3-9-21-16(14)17-11-18-21/h6-7,10-11,14,19H,2-5,8-9H2,1H3/t14-/m1/s1. The van der Waals surface area contributed by atoms with Crippen LogP contribution in [-0.4, -0.2) is 36.8 Å². The van der Waals surface area contributed by atoms with Crippen LogP contribution in [0.5, 0.6) is 0 Å². The van der Waals surface area contributed by atoms with Crippen LogP contribution in [0.2, 0.25) is 0 Å². The first-order valence-electron chi connectivity index (χ1n) is 8.29. The molecule has 8 heteroatoms. The Morgan fingerprint density at radius 3 is 3.00 bits per heavy atom. The van der Waals surface area contributed by atoms with Gasteiger partial charge in [0.05, 0.1) is 10.9 Å². The zero-order chi connectivity index (χ0) is 16.7.